The second-order valence-corrected chi connectivity index (χ2v) is 6.91. The van der Waals surface area contributed by atoms with Gasteiger partial charge in [0.2, 0.25) is 11.0 Å². The largest absolute Gasteiger partial charge is 0.300 e. The molecule has 1 aromatic carbocycles. The Morgan fingerprint density at radius 3 is 2.64 bits per heavy atom. The zero-order valence-electron chi connectivity index (χ0n) is 12.8. The molecule has 2 aromatic rings. The molecule has 0 radical (unpaired) electrons. The maximum absolute atomic E-state index is 12.2. The van der Waals surface area contributed by atoms with Crippen molar-refractivity contribution in [1.29, 1.82) is 0 Å². The fourth-order valence-electron chi connectivity index (χ4n) is 2.92. The Kier molecular flexibility index (Phi) is 4.83. The number of benzene rings is 1. The van der Waals surface area contributed by atoms with Gasteiger partial charge in [-0.3, -0.25) is 4.79 Å². The topological polar surface area (TPSA) is 54.9 Å². The summed E-state index contributed by atoms with van der Waals surface area (Å²) in [4.78, 5) is 12.2. The van der Waals surface area contributed by atoms with Gasteiger partial charge in [-0.25, -0.2) is 0 Å². The Morgan fingerprint density at radius 1 is 1.18 bits per heavy atom. The van der Waals surface area contributed by atoms with Crippen LogP contribution in [-0.2, 0) is 4.79 Å². The Hall–Kier alpha value is -1.75. The van der Waals surface area contributed by atoms with Gasteiger partial charge >= 0.3 is 0 Å². The number of nitrogens with zero attached hydrogens (tertiary/aromatic N) is 2. The number of hydrogen-bond donors (Lipinski definition) is 1. The highest BCUT2D eigenvalue weighted by Gasteiger charge is 2.22. The first-order valence-corrected chi connectivity index (χ1v) is 8.75. The molecule has 1 aromatic heterocycles. The number of anilines is 1. The molecule has 0 bridgehead atoms. The quantitative estimate of drug-likeness (QED) is 0.919. The van der Waals surface area contributed by atoms with E-state index in [-0.39, 0.29) is 17.7 Å². The maximum Gasteiger partial charge on any atom is 0.229 e. The van der Waals surface area contributed by atoms with E-state index in [0.29, 0.717) is 5.13 Å². The van der Waals surface area contributed by atoms with Crippen molar-refractivity contribution in [2.75, 3.05) is 5.32 Å². The molecule has 4 nitrogen and oxygen atoms in total. The fraction of sp³-hybridized carbons (Fsp3) is 0.471. The van der Waals surface area contributed by atoms with Crippen LogP contribution in [0.1, 0.15) is 55.5 Å². The Balaban J connectivity index is 1.64. The third kappa shape index (κ3) is 3.53. The number of carbonyl (C=O) groups excluding carboxylic acids is 1. The fourth-order valence-corrected chi connectivity index (χ4v) is 3.74. The predicted octanol–water partition coefficient (Wildman–Crippen LogP) is 4.21. The van der Waals surface area contributed by atoms with E-state index < -0.39 is 0 Å². The van der Waals surface area contributed by atoms with Gasteiger partial charge in [-0.2, -0.15) is 0 Å². The van der Waals surface area contributed by atoms with Crippen molar-refractivity contribution in [3.8, 4) is 0 Å². The molecule has 1 unspecified atom stereocenters. The zero-order chi connectivity index (χ0) is 15.4. The third-order valence-electron chi connectivity index (χ3n) is 4.32. The van der Waals surface area contributed by atoms with Crippen molar-refractivity contribution in [3.05, 3.63) is 40.9 Å². The summed E-state index contributed by atoms with van der Waals surface area (Å²) < 4.78 is 0. The van der Waals surface area contributed by atoms with Crippen molar-refractivity contribution in [2.24, 2.45) is 5.92 Å². The van der Waals surface area contributed by atoms with Crippen molar-refractivity contribution in [1.82, 2.24) is 10.2 Å². The van der Waals surface area contributed by atoms with Gasteiger partial charge in [0.05, 0.1) is 0 Å². The summed E-state index contributed by atoms with van der Waals surface area (Å²) in [6.45, 7) is 2.11. The van der Waals surface area contributed by atoms with Crippen LogP contribution >= 0.6 is 11.3 Å². The summed E-state index contributed by atoms with van der Waals surface area (Å²) >= 11 is 1.47. The molecule has 1 aliphatic rings. The summed E-state index contributed by atoms with van der Waals surface area (Å²) in [5.41, 5.74) is 1.21. The molecule has 0 saturated heterocycles. The minimum Gasteiger partial charge on any atom is -0.300 e. The first-order chi connectivity index (χ1) is 10.7. The Bertz CT molecular complexity index is 620. The minimum atomic E-state index is 0.106. The molecule has 1 aliphatic carbocycles. The summed E-state index contributed by atoms with van der Waals surface area (Å²) in [7, 11) is 0. The normalized spacial score (nSPS) is 17.1. The van der Waals surface area contributed by atoms with Crippen LogP contribution in [0.2, 0.25) is 0 Å². The summed E-state index contributed by atoms with van der Waals surface area (Å²) in [5, 5.41) is 12.9. The van der Waals surface area contributed by atoms with Gasteiger partial charge in [0.25, 0.3) is 0 Å². The molecule has 3 rings (SSSR count). The van der Waals surface area contributed by atoms with E-state index in [0.717, 1.165) is 30.7 Å². The van der Waals surface area contributed by atoms with Crippen molar-refractivity contribution < 1.29 is 4.79 Å². The van der Waals surface area contributed by atoms with E-state index in [1.54, 1.807) is 0 Å². The lowest BCUT2D eigenvalue weighted by atomic mass is 9.89. The van der Waals surface area contributed by atoms with Crippen LogP contribution in [0.4, 0.5) is 5.13 Å². The van der Waals surface area contributed by atoms with Gasteiger partial charge in [0, 0.05) is 11.8 Å². The van der Waals surface area contributed by atoms with Gasteiger partial charge in [-0.05, 0) is 18.4 Å². The van der Waals surface area contributed by atoms with Crippen molar-refractivity contribution in [3.63, 3.8) is 0 Å². The van der Waals surface area contributed by atoms with Crippen molar-refractivity contribution in [2.45, 2.75) is 44.9 Å². The zero-order valence-corrected chi connectivity index (χ0v) is 13.6. The second kappa shape index (κ2) is 7.01. The smallest absolute Gasteiger partial charge is 0.229 e. The molecule has 116 valence electrons. The van der Waals surface area contributed by atoms with Gasteiger partial charge < -0.3 is 5.32 Å². The molecule has 1 amide bonds. The third-order valence-corrected chi connectivity index (χ3v) is 5.34. The number of nitrogens with one attached hydrogen (secondary N) is 1. The molecule has 1 atom stereocenters. The van der Waals surface area contributed by atoms with Crippen LogP contribution < -0.4 is 5.32 Å². The highest BCUT2D eigenvalue weighted by Crippen LogP contribution is 2.30. The number of amides is 1. The van der Waals surface area contributed by atoms with E-state index in [9.17, 15) is 4.79 Å². The van der Waals surface area contributed by atoms with Crippen molar-refractivity contribution >= 4 is 22.4 Å². The van der Waals surface area contributed by atoms with E-state index in [4.69, 9.17) is 0 Å². The predicted molar refractivity (Wildman–Crippen MR) is 89.1 cm³/mol. The maximum atomic E-state index is 12.2. The van der Waals surface area contributed by atoms with Crippen LogP contribution in [0.25, 0.3) is 0 Å². The van der Waals surface area contributed by atoms with E-state index in [1.807, 2.05) is 18.2 Å². The van der Waals surface area contributed by atoms with Crippen LogP contribution in [0.5, 0.6) is 0 Å². The van der Waals surface area contributed by atoms with E-state index in [1.165, 1.54) is 23.3 Å². The Morgan fingerprint density at radius 2 is 1.91 bits per heavy atom. The van der Waals surface area contributed by atoms with Crippen LogP contribution in [0.3, 0.4) is 0 Å². The molecule has 1 saturated carbocycles. The standard InChI is InChI=1S/C17H21N3OS/c1-12(13-8-4-2-5-9-13)16-19-20-17(22-16)18-15(21)14-10-6-3-7-11-14/h2,4-5,8-9,12,14H,3,6-7,10-11H2,1H3,(H,18,20,21). The summed E-state index contributed by atoms with van der Waals surface area (Å²) in [5.74, 6) is 0.446. The molecule has 1 heterocycles. The molecule has 22 heavy (non-hydrogen) atoms. The van der Waals surface area contributed by atoms with Crippen LogP contribution in [0.15, 0.2) is 30.3 Å². The highest BCUT2D eigenvalue weighted by molar-refractivity contribution is 7.15. The van der Waals surface area contributed by atoms with Gasteiger partial charge in [-0.1, -0.05) is 67.9 Å². The number of rotatable bonds is 4. The van der Waals surface area contributed by atoms with E-state index in [2.05, 4.69) is 34.6 Å². The monoisotopic (exact) mass is 315 g/mol. The number of aromatic nitrogens is 2. The lowest BCUT2D eigenvalue weighted by Gasteiger charge is -2.19. The first kappa shape index (κ1) is 15.2. The summed E-state index contributed by atoms with van der Waals surface area (Å²) in [6, 6.07) is 10.2. The molecular formula is C17H21N3OS. The van der Waals surface area contributed by atoms with Crippen LogP contribution in [0, 0.1) is 5.92 Å². The van der Waals surface area contributed by atoms with Gasteiger partial charge in [0.1, 0.15) is 5.01 Å². The molecule has 1 fully saturated rings. The molecular weight excluding hydrogens is 294 g/mol. The Labute approximate surface area is 135 Å². The second-order valence-electron chi connectivity index (χ2n) is 5.90. The highest BCUT2D eigenvalue weighted by atomic mass is 32.1. The lowest BCUT2D eigenvalue weighted by Crippen LogP contribution is -2.24. The average Bonchev–Trinajstić information content (AvgIpc) is 3.04. The minimum absolute atomic E-state index is 0.106. The molecule has 0 spiro atoms. The van der Waals surface area contributed by atoms with Gasteiger partial charge in [0.15, 0.2) is 0 Å². The molecule has 5 heteroatoms. The van der Waals surface area contributed by atoms with Gasteiger partial charge in [-0.15, -0.1) is 10.2 Å². The number of hydrogen-bond acceptors (Lipinski definition) is 4. The molecule has 1 N–H and O–H groups in total. The van der Waals surface area contributed by atoms with E-state index >= 15 is 0 Å². The SMILES string of the molecule is CC(c1ccccc1)c1nnc(NC(=O)C2CCCCC2)s1. The summed E-state index contributed by atoms with van der Waals surface area (Å²) in [6.07, 6.45) is 5.56. The number of carbonyl (C=O) groups is 1. The molecule has 0 aliphatic heterocycles. The van der Waals surface area contributed by atoms with Crippen LogP contribution in [-0.4, -0.2) is 16.1 Å². The first-order valence-electron chi connectivity index (χ1n) is 7.93. The lowest BCUT2D eigenvalue weighted by molar-refractivity contribution is -0.120. The average molecular weight is 315 g/mol.